The standard InChI is InChI=1S/C11H11ClN2O5S/c1-6(15)10(11(16)17)14-20(18,19)9-4-7(5-13)2-3-8(9)12/h2-4,6,10,14-15H,1H3,(H,16,17). The first-order chi connectivity index (χ1) is 9.19. The molecule has 108 valence electrons. The van der Waals surface area contributed by atoms with Crippen molar-refractivity contribution in [2.45, 2.75) is 24.0 Å². The topological polar surface area (TPSA) is 127 Å². The van der Waals surface area contributed by atoms with Crippen molar-refractivity contribution >= 4 is 27.6 Å². The first-order valence-corrected chi connectivity index (χ1v) is 7.18. The Morgan fingerprint density at radius 1 is 1.50 bits per heavy atom. The van der Waals surface area contributed by atoms with E-state index in [4.69, 9.17) is 22.0 Å². The number of aliphatic carboxylic acids is 1. The largest absolute Gasteiger partial charge is 0.480 e. The number of rotatable bonds is 5. The van der Waals surface area contributed by atoms with Crippen LogP contribution in [0.15, 0.2) is 23.1 Å². The van der Waals surface area contributed by atoms with Crippen LogP contribution >= 0.6 is 11.6 Å². The Hall–Kier alpha value is -1.66. The zero-order chi connectivity index (χ0) is 15.5. The highest BCUT2D eigenvalue weighted by Crippen LogP contribution is 2.22. The number of aliphatic hydroxyl groups is 1. The SMILES string of the molecule is CC(O)C(NS(=O)(=O)c1cc(C#N)ccc1Cl)C(=O)O. The summed E-state index contributed by atoms with van der Waals surface area (Å²) in [6, 6.07) is 3.59. The average Bonchev–Trinajstić information content (AvgIpc) is 2.35. The third-order valence-electron chi connectivity index (χ3n) is 2.38. The van der Waals surface area contributed by atoms with E-state index in [1.54, 1.807) is 6.07 Å². The zero-order valence-electron chi connectivity index (χ0n) is 10.2. The lowest BCUT2D eigenvalue weighted by Gasteiger charge is -2.17. The van der Waals surface area contributed by atoms with Crippen molar-refractivity contribution in [1.82, 2.24) is 4.72 Å². The number of hydrogen-bond donors (Lipinski definition) is 3. The molecule has 3 N–H and O–H groups in total. The van der Waals surface area contributed by atoms with E-state index in [1.807, 2.05) is 4.72 Å². The molecule has 1 rings (SSSR count). The zero-order valence-corrected chi connectivity index (χ0v) is 11.8. The van der Waals surface area contributed by atoms with Crippen molar-refractivity contribution < 1.29 is 23.4 Å². The van der Waals surface area contributed by atoms with Gasteiger partial charge in [-0.1, -0.05) is 11.6 Å². The molecule has 0 saturated carbocycles. The number of carboxylic acid groups (broad SMARTS) is 1. The molecule has 0 aliphatic carbocycles. The van der Waals surface area contributed by atoms with Crippen LogP contribution in [0.2, 0.25) is 5.02 Å². The lowest BCUT2D eigenvalue weighted by molar-refractivity contribution is -0.141. The van der Waals surface area contributed by atoms with Crippen LogP contribution in [0.1, 0.15) is 12.5 Å². The lowest BCUT2D eigenvalue weighted by atomic mass is 10.2. The molecule has 0 bridgehead atoms. The van der Waals surface area contributed by atoms with Crippen molar-refractivity contribution in [1.29, 1.82) is 5.26 Å². The second kappa shape index (κ2) is 6.19. The van der Waals surface area contributed by atoms with Gasteiger partial charge < -0.3 is 10.2 Å². The van der Waals surface area contributed by atoms with E-state index < -0.39 is 33.0 Å². The van der Waals surface area contributed by atoms with E-state index in [9.17, 15) is 18.3 Å². The number of hydrogen-bond acceptors (Lipinski definition) is 5. The molecule has 2 unspecified atom stereocenters. The van der Waals surface area contributed by atoms with Crippen LogP contribution in [0, 0.1) is 11.3 Å². The third-order valence-corrected chi connectivity index (χ3v) is 4.30. The summed E-state index contributed by atoms with van der Waals surface area (Å²) in [6.07, 6.45) is -1.44. The number of aliphatic hydroxyl groups excluding tert-OH is 1. The Kier molecular flexibility index (Phi) is 5.08. The van der Waals surface area contributed by atoms with Crippen LogP contribution in [0.5, 0.6) is 0 Å². The molecule has 1 aromatic carbocycles. The van der Waals surface area contributed by atoms with Crippen molar-refractivity contribution in [3.8, 4) is 6.07 Å². The summed E-state index contributed by atoms with van der Waals surface area (Å²) in [5.41, 5.74) is 0.0543. The van der Waals surface area contributed by atoms with Crippen LogP contribution in [-0.4, -0.2) is 36.7 Å². The number of carbonyl (C=O) groups is 1. The summed E-state index contributed by atoms with van der Waals surface area (Å²) in [6.45, 7) is 1.13. The van der Waals surface area contributed by atoms with Gasteiger partial charge in [0.15, 0.2) is 0 Å². The maximum Gasteiger partial charge on any atom is 0.324 e. The van der Waals surface area contributed by atoms with Gasteiger partial charge in [-0.15, -0.1) is 0 Å². The molecule has 20 heavy (non-hydrogen) atoms. The summed E-state index contributed by atoms with van der Waals surface area (Å²) >= 11 is 5.74. The highest BCUT2D eigenvalue weighted by Gasteiger charge is 2.30. The van der Waals surface area contributed by atoms with Crippen molar-refractivity contribution in [2.75, 3.05) is 0 Å². The lowest BCUT2D eigenvalue weighted by Crippen LogP contribution is -2.47. The molecule has 0 radical (unpaired) electrons. The van der Waals surface area contributed by atoms with Gasteiger partial charge in [-0.3, -0.25) is 4.79 Å². The van der Waals surface area contributed by atoms with Gasteiger partial charge in [-0.25, -0.2) is 8.42 Å². The van der Waals surface area contributed by atoms with Crippen molar-refractivity contribution in [3.05, 3.63) is 28.8 Å². The summed E-state index contributed by atoms with van der Waals surface area (Å²) in [7, 11) is -4.29. The van der Waals surface area contributed by atoms with Crippen LogP contribution in [-0.2, 0) is 14.8 Å². The van der Waals surface area contributed by atoms with E-state index in [-0.39, 0.29) is 10.6 Å². The maximum absolute atomic E-state index is 12.1. The number of carboxylic acids is 1. The number of benzene rings is 1. The molecule has 0 heterocycles. The molecule has 0 aromatic heterocycles. The van der Waals surface area contributed by atoms with Crippen molar-refractivity contribution in [2.24, 2.45) is 0 Å². The van der Waals surface area contributed by atoms with Crippen LogP contribution < -0.4 is 4.72 Å². The molecule has 7 nitrogen and oxygen atoms in total. The van der Waals surface area contributed by atoms with Gasteiger partial charge in [0.2, 0.25) is 10.0 Å². The number of sulfonamides is 1. The first kappa shape index (κ1) is 16.4. The van der Waals surface area contributed by atoms with E-state index in [2.05, 4.69) is 0 Å². The van der Waals surface area contributed by atoms with E-state index in [0.29, 0.717) is 0 Å². The van der Waals surface area contributed by atoms with E-state index in [0.717, 1.165) is 13.0 Å². The predicted octanol–water partition coefficient (Wildman–Crippen LogP) is 0.324. The van der Waals surface area contributed by atoms with E-state index in [1.165, 1.54) is 12.1 Å². The van der Waals surface area contributed by atoms with Crippen LogP contribution in [0.3, 0.4) is 0 Å². The molecule has 0 fully saturated rings. The molecule has 0 saturated heterocycles. The monoisotopic (exact) mass is 318 g/mol. The molecule has 1 aromatic rings. The molecule has 0 spiro atoms. The molecule has 9 heteroatoms. The summed E-state index contributed by atoms with van der Waals surface area (Å²) in [4.78, 5) is 10.5. The Morgan fingerprint density at radius 2 is 2.10 bits per heavy atom. The van der Waals surface area contributed by atoms with Crippen molar-refractivity contribution in [3.63, 3.8) is 0 Å². The Balaban J connectivity index is 3.24. The summed E-state index contributed by atoms with van der Waals surface area (Å²) in [5.74, 6) is -1.53. The van der Waals surface area contributed by atoms with Crippen LogP contribution in [0.4, 0.5) is 0 Å². The predicted molar refractivity (Wildman–Crippen MR) is 69.6 cm³/mol. The fraction of sp³-hybridized carbons (Fsp3) is 0.273. The second-order valence-electron chi connectivity index (χ2n) is 3.93. The van der Waals surface area contributed by atoms with Gasteiger partial charge in [0.25, 0.3) is 0 Å². The molecule has 0 amide bonds. The smallest absolute Gasteiger partial charge is 0.324 e. The Morgan fingerprint density at radius 3 is 2.55 bits per heavy atom. The minimum absolute atomic E-state index is 0.0543. The maximum atomic E-state index is 12.1. The molecule has 2 atom stereocenters. The summed E-state index contributed by atoms with van der Waals surface area (Å²) in [5, 5.41) is 26.7. The average molecular weight is 319 g/mol. The highest BCUT2D eigenvalue weighted by atomic mass is 35.5. The number of nitrogens with one attached hydrogen (secondary N) is 1. The molecular formula is C11H11ClN2O5S. The third kappa shape index (κ3) is 3.68. The minimum Gasteiger partial charge on any atom is -0.480 e. The fourth-order valence-electron chi connectivity index (χ4n) is 1.36. The van der Waals surface area contributed by atoms with Gasteiger partial charge in [-0.05, 0) is 25.1 Å². The number of halogens is 1. The van der Waals surface area contributed by atoms with Crippen LogP contribution in [0.25, 0.3) is 0 Å². The molecule has 0 aliphatic rings. The Bertz CT molecular complexity index is 666. The van der Waals surface area contributed by atoms with Gasteiger partial charge in [0.1, 0.15) is 10.9 Å². The quantitative estimate of drug-likeness (QED) is 0.717. The fourth-order valence-corrected chi connectivity index (χ4v) is 3.15. The molecular weight excluding hydrogens is 308 g/mol. The normalized spacial score (nSPS) is 14.3. The minimum atomic E-state index is -4.29. The highest BCUT2D eigenvalue weighted by molar-refractivity contribution is 7.89. The number of nitriles is 1. The first-order valence-electron chi connectivity index (χ1n) is 5.32. The van der Waals surface area contributed by atoms with Gasteiger partial charge >= 0.3 is 5.97 Å². The van der Waals surface area contributed by atoms with E-state index >= 15 is 0 Å². The second-order valence-corrected chi connectivity index (χ2v) is 6.02. The molecule has 0 aliphatic heterocycles. The number of nitrogens with zero attached hydrogens (tertiary/aromatic N) is 1. The Labute approximate surface area is 120 Å². The van der Waals surface area contributed by atoms with Gasteiger partial charge in [0, 0.05) is 0 Å². The summed E-state index contributed by atoms with van der Waals surface area (Å²) < 4.78 is 26.0. The van der Waals surface area contributed by atoms with Gasteiger partial charge in [0.05, 0.1) is 22.8 Å². The van der Waals surface area contributed by atoms with Gasteiger partial charge in [-0.2, -0.15) is 9.98 Å².